The summed E-state index contributed by atoms with van der Waals surface area (Å²) in [6, 6.07) is 22.1. The minimum atomic E-state index is 0.0816. The Morgan fingerprint density at radius 3 is 2.28 bits per heavy atom. The minimum Gasteiger partial charge on any atom is -0.482 e. The number of ether oxygens (including phenoxy) is 1. The lowest BCUT2D eigenvalue weighted by atomic mass is 9.97. The van der Waals surface area contributed by atoms with E-state index < -0.39 is 0 Å². The fourth-order valence-electron chi connectivity index (χ4n) is 3.45. The zero-order valence-electron chi connectivity index (χ0n) is 14.3. The van der Waals surface area contributed by atoms with Crippen LogP contribution in [0.1, 0.15) is 11.1 Å². The maximum atomic E-state index is 12.9. The second-order valence-electron chi connectivity index (χ2n) is 6.23. The average Bonchev–Trinajstić information content (AvgIpc) is 2.65. The largest absolute Gasteiger partial charge is 0.482 e. The van der Waals surface area contributed by atoms with Gasteiger partial charge in [-0.3, -0.25) is 4.79 Å². The first-order valence-corrected chi connectivity index (χ1v) is 8.33. The highest BCUT2D eigenvalue weighted by Crippen LogP contribution is 2.36. The van der Waals surface area contributed by atoms with E-state index >= 15 is 0 Å². The molecule has 0 aromatic heterocycles. The van der Waals surface area contributed by atoms with Gasteiger partial charge in [0.25, 0.3) is 0 Å². The molecule has 3 nitrogen and oxygen atoms in total. The number of rotatable bonds is 3. The van der Waals surface area contributed by atoms with Crippen LogP contribution < -0.4 is 10.2 Å². The monoisotopic (exact) mass is 329 g/mol. The van der Waals surface area contributed by atoms with Crippen molar-refractivity contribution in [2.45, 2.75) is 13.5 Å². The van der Waals surface area contributed by atoms with Crippen LogP contribution >= 0.6 is 0 Å². The number of methoxy groups -OCH3 is 1. The zero-order chi connectivity index (χ0) is 17.4. The number of hydrogen-bond acceptors (Lipinski definition) is 2. The van der Waals surface area contributed by atoms with E-state index in [2.05, 4.69) is 16.7 Å². The van der Waals surface area contributed by atoms with Crippen LogP contribution in [0.15, 0.2) is 71.5 Å². The van der Waals surface area contributed by atoms with Crippen molar-refractivity contribution in [3.05, 3.63) is 88.1 Å². The SMILES string of the molecule is COc1c2ccccc2c2c(=O)c(C)ccc-2n1Cc1ccccc1. The van der Waals surface area contributed by atoms with E-state index in [0.717, 1.165) is 39.0 Å². The van der Waals surface area contributed by atoms with Gasteiger partial charge in [-0.25, -0.2) is 0 Å². The molecule has 2 aromatic rings. The molecule has 4 rings (SSSR count). The molecule has 1 aliphatic carbocycles. The molecule has 1 aliphatic heterocycles. The predicted molar refractivity (Wildman–Crippen MR) is 102 cm³/mol. The number of hydrogen-bond donors (Lipinski definition) is 0. The Labute approximate surface area is 146 Å². The lowest BCUT2D eigenvalue weighted by Crippen LogP contribution is -2.17. The quantitative estimate of drug-likeness (QED) is 0.519. The zero-order valence-corrected chi connectivity index (χ0v) is 14.3. The van der Waals surface area contributed by atoms with Gasteiger partial charge in [-0.15, -0.1) is 0 Å². The van der Waals surface area contributed by atoms with Gasteiger partial charge in [-0.1, -0.05) is 54.6 Å². The summed E-state index contributed by atoms with van der Waals surface area (Å²) >= 11 is 0. The first-order valence-electron chi connectivity index (χ1n) is 8.33. The molecular formula is C22H19NO2. The summed E-state index contributed by atoms with van der Waals surface area (Å²) in [6.07, 6.45) is 0. The molecular weight excluding hydrogens is 310 g/mol. The molecule has 0 bridgehead atoms. The van der Waals surface area contributed by atoms with Gasteiger partial charge in [-0.2, -0.15) is 0 Å². The van der Waals surface area contributed by atoms with E-state index in [4.69, 9.17) is 4.74 Å². The summed E-state index contributed by atoms with van der Waals surface area (Å²) in [5.74, 6) is 0.773. The van der Waals surface area contributed by atoms with Crippen molar-refractivity contribution < 1.29 is 4.74 Å². The second kappa shape index (κ2) is 6.10. The van der Waals surface area contributed by atoms with Gasteiger partial charge >= 0.3 is 0 Å². The normalized spacial score (nSPS) is 11.1. The molecule has 124 valence electrons. The van der Waals surface area contributed by atoms with E-state index in [0.29, 0.717) is 6.54 Å². The summed E-state index contributed by atoms with van der Waals surface area (Å²) in [7, 11) is 1.68. The fourth-order valence-corrected chi connectivity index (χ4v) is 3.45. The topological polar surface area (TPSA) is 31.2 Å². The van der Waals surface area contributed by atoms with Crippen molar-refractivity contribution in [2.24, 2.45) is 0 Å². The van der Waals surface area contributed by atoms with Gasteiger partial charge < -0.3 is 9.30 Å². The Hall–Kier alpha value is -3.07. The molecule has 3 heteroatoms. The highest BCUT2D eigenvalue weighted by molar-refractivity contribution is 6.00. The van der Waals surface area contributed by atoms with Crippen molar-refractivity contribution in [3.63, 3.8) is 0 Å². The van der Waals surface area contributed by atoms with Crippen LogP contribution in [0.25, 0.3) is 22.0 Å². The Balaban J connectivity index is 2.12. The summed E-state index contributed by atoms with van der Waals surface area (Å²) in [5.41, 5.74) is 3.66. The molecule has 25 heavy (non-hydrogen) atoms. The van der Waals surface area contributed by atoms with E-state index in [1.54, 1.807) is 7.11 Å². The lowest BCUT2D eigenvalue weighted by Gasteiger charge is -2.23. The van der Waals surface area contributed by atoms with E-state index in [1.165, 1.54) is 0 Å². The number of nitrogens with zero attached hydrogens (tertiary/aromatic N) is 1. The molecule has 0 atom stereocenters. The highest BCUT2D eigenvalue weighted by Gasteiger charge is 2.20. The Morgan fingerprint density at radius 2 is 1.56 bits per heavy atom. The standard InChI is InChI=1S/C22H19NO2/c1-15-12-13-19-20(21(15)24)17-10-6-7-11-18(17)22(25-2)23(19)14-16-8-4-3-5-9-16/h3-13H,14H2,1-2H3. The molecule has 2 aliphatic rings. The van der Waals surface area contributed by atoms with Crippen LogP contribution in [0.2, 0.25) is 0 Å². The summed E-state index contributed by atoms with van der Waals surface area (Å²) in [6.45, 7) is 2.51. The fraction of sp³-hybridized carbons (Fsp3) is 0.136. The van der Waals surface area contributed by atoms with Crippen molar-refractivity contribution >= 4 is 10.8 Å². The van der Waals surface area contributed by atoms with E-state index in [-0.39, 0.29) is 5.43 Å². The third kappa shape index (κ3) is 2.49. The lowest BCUT2D eigenvalue weighted by molar-refractivity contribution is 0.380. The van der Waals surface area contributed by atoms with Gasteiger partial charge in [0.15, 0.2) is 5.43 Å². The smallest absolute Gasteiger partial charge is 0.202 e. The van der Waals surface area contributed by atoms with E-state index in [9.17, 15) is 4.79 Å². The maximum Gasteiger partial charge on any atom is 0.202 e. The van der Waals surface area contributed by atoms with Crippen molar-refractivity contribution in [1.29, 1.82) is 0 Å². The average molecular weight is 329 g/mol. The predicted octanol–water partition coefficient (Wildman–Crippen LogP) is 4.47. The molecule has 0 fully saturated rings. The van der Waals surface area contributed by atoms with Crippen LogP contribution in [0, 0.1) is 6.92 Å². The summed E-state index contributed by atoms with van der Waals surface area (Å²) < 4.78 is 7.86. The van der Waals surface area contributed by atoms with Crippen LogP contribution in [0.3, 0.4) is 0 Å². The molecule has 0 saturated carbocycles. The van der Waals surface area contributed by atoms with Crippen LogP contribution in [0.4, 0.5) is 0 Å². The van der Waals surface area contributed by atoms with Gasteiger partial charge in [0.1, 0.15) is 0 Å². The Kier molecular flexibility index (Phi) is 3.77. The van der Waals surface area contributed by atoms with Crippen molar-refractivity contribution in [2.75, 3.05) is 7.11 Å². The van der Waals surface area contributed by atoms with E-state index in [1.807, 2.05) is 61.5 Å². The molecule has 0 radical (unpaired) electrons. The molecule has 0 amide bonds. The minimum absolute atomic E-state index is 0.0816. The summed E-state index contributed by atoms with van der Waals surface area (Å²) in [5, 5.41) is 1.89. The maximum absolute atomic E-state index is 12.9. The van der Waals surface area contributed by atoms with Crippen molar-refractivity contribution in [1.82, 2.24) is 4.57 Å². The summed E-state index contributed by atoms with van der Waals surface area (Å²) in [4.78, 5) is 12.9. The third-order valence-corrected chi connectivity index (χ3v) is 4.67. The van der Waals surface area contributed by atoms with Gasteiger partial charge in [0.2, 0.25) is 5.88 Å². The molecule has 0 spiro atoms. The third-order valence-electron chi connectivity index (χ3n) is 4.67. The Morgan fingerprint density at radius 1 is 0.880 bits per heavy atom. The van der Waals surface area contributed by atoms with Crippen LogP contribution in [-0.4, -0.2) is 11.7 Å². The van der Waals surface area contributed by atoms with Crippen LogP contribution in [-0.2, 0) is 6.54 Å². The first kappa shape index (κ1) is 15.5. The number of fused-ring (bicyclic) bond motifs is 3. The number of aryl methyl sites for hydroxylation is 1. The van der Waals surface area contributed by atoms with Crippen LogP contribution in [0.5, 0.6) is 5.88 Å². The number of pyridine rings is 1. The van der Waals surface area contributed by atoms with Gasteiger partial charge in [0, 0.05) is 10.8 Å². The molecule has 2 aromatic carbocycles. The van der Waals surface area contributed by atoms with Crippen molar-refractivity contribution in [3.8, 4) is 17.1 Å². The second-order valence-corrected chi connectivity index (χ2v) is 6.23. The number of benzene rings is 3. The molecule has 0 saturated heterocycles. The molecule has 0 unspecified atom stereocenters. The first-order chi connectivity index (χ1) is 12.2. The molecule has 0 N–H and O–H groups in total. The Bertz CT molecular complexity index is 1080. The number of aromatic nitrogens is 1. The van der Waals surface area contributed by atoms with Gasteiger partial charge in [-0.05, 0) is 30.2 Å². The van der Waals surface area contributed by atoms with Gasteiger partial charge in [0.05, 0.1) is 24.9 Å². The molecule has 1 heterocycles. The highest BCUT2D eigenvalue weighted by atomic mass is 16.5.